The van der Waals surface area contributed by atoms with Crippen LogP contribution in [-0.4, -0.2) is 23.8 Å². The molecule has 0 saturated carbocycles. The molecule has 0 atom stereocenters. The Morgan fingerprint density at radius 1 is 1.70 bits per heavy atom. The molecule has 2 N–H and O–H groups in total. The molecule has 6 heteroatoms. The maximum absolute atomic E-state index is 10.1. The Balaban J connectivity index is 3.67. The monoisotopic (exact) mass is 183 g/mol. The van der Waals surface area contributed by atoms with Gasteiger partial charge in [-0.1, -0.05) is 19.1 Å². The van der Waals surface area contributed by atoms with Crippen molar-refractivity contribution in [2.45, 2.75) is 13.3 Å². The van der Waals surface area contributed by atoms with Crippen LogP contribution >= 0.6 is 12.2 Å². The average molecular weight is 183 g/mol. The minimum absolute atomic E-state index is 0.428. The smallest absolute Gasteiger partial charge is 0.283 e. The van der Waals surface area contributed by atoms with E-state index in [1.165, 1.54) is 0 Å². The van der Waals surface area contributed by atoms with Crippen LogP contribution in [0, 0.1) is 0 Å². The minimum atomic E-state index is -3.93. The molecule has 0 fully saturated rings. The van der Waals surface area contributed by atoms with Crippen molar-refractivity contribution in [3.05, 3.63) is 0 Å². The maximum atomic E-state index is 10.1. The highest BCUT2D eigenvalue weighted by molar-refractivity contribution is 7.85. The minimum Gasteiger partial charge on any atom is -0.364 e. The summed E-state index contributed by atoms with van der Waals surface area (Å²) in [6.45, 7) is 1.79. The van der Waals surface area contributed by atoms with Gasteiger partial charge in [0.05, 0.1) is 4.99 Å². The molecule has 4 nitrogen and oxygen atoms in total. The molecule has 60 valence electrons. The van der Waals surface area contributed by atoms with Crippen LogP contribution in [-0.2, 0) is 10.1 Å². The van der Waals surface area contributed by atoms with E-state index >= 15 is 0 Å². The highest BCUT2D eigenvalue weighted by Gasteiger charge is 2.02. The lowest BCUT2D eigenvalue weighted by Gasteiger charge is -2.01. The molecule has 0 aromatic carbocycles. The molecule has 0 aromatic heterocycles. The van der Waals surface area contributed by atoms with E-state index in [2.05, 4.69) is 17.5 Å². The fourth-order valence-electron chi connectivity index (χ4n) is 0.297. The molecule has 0 rings (SSSR count). The molecule has 0 aliphatic carbocycles. The molecule has 0 radical (unpaired) electrons. The third-order valence-electron chi connectivity index (χ3n) is 0.773. The predicted octanol–water partition coefficient (Wildman–Crippen LogP) is 0.159. The van der Waals surface area contributed by atoms with Crippen molar-refractivity contribution in [1.82, 2.24) is 5.32 Å². The number of hydrogen-bond donors (Lipinski definition) is 2. The first-order chi connectivity index (χ1) is 4.45. The largest absolute Gasteiger partial charge is 0.364 e. The zero-order valence-electron chi connectivity index (χ0n) is 5.49. The van der Waals surface area contributed by atoms with Gasteiger partial charge in [0.2, 0.25) is 0 Å². The lowest BCUT2D eigenvalue weighted by Crippen LogP contribution is -2.27. The van der Waals surface area contributed by atoms with Crippen molar-refractivity contribution in [2.75, 3.05) is 5.88 Å². The molecule has 0 heterocycles. The van der Waals surface area contributed by atoms with Crippen LogP contribution in [0.4, 0.5) is 0 Å². The van der Waals surface area contributed by atoms with Gasteiger partial charge in [-0.2, -0.15) is 8.42 Å². The van der Waals surface area contributed by atoms with E-state index in [0.717, 1.165) is 0 Å². The molecule has 0 spiro atoms. The number of rotatable bonds is 3. The Morgan fingerprint density at radius 2 is 2.20 bits per heavy atom. The maximum Gasteiger partial charge on any atom is 0.283 e. The van der Waals surface area contributed by atoms with Crippen LogP contribution in [0.25, 0.3) is 0 Å². The summed E-state index contributed by atoms with van der Waals surface area (Å²) in [6.07, 6.45) is 0.574. The number of nitrogens with one attached hydrogen (secondary N) is 1. The van der Waals surface area contributed by atoms with Crippen LogP contribution in [0.15, 0.2) is 0 Å². The SMILES string of the molecule is CCC(=S)NCS(=O)(=O)O. The summed E-state index contributed by atoms with van der Waals surface area (Å²) in [5, 5.41) is 2.37. The zero-order valence-corrected chi connectivity index (χ0v) is 7.13. The summed E-state index contributed by atoms with van der Waals surface area (Å²) in [5.41, 5.74) is 0. The van der Waals surface area contributed by atoms with Crippen molar-refractivity contribution in [3.63, 3.8) is 0 Å². The summed E-state index contributed by atoms with van der Waals surface area (Å²) < 4.78 is 28.4. The van der Waals surface area contributed by atoms with E-state index in [4.69, 9.17) is 4.55 Å². The quantitative estimate of drug-likeness (QED) is 0.482. The molecule has 10 heavy (non-hydrogen) atoms. The Kier molecular flexibility index (Phi) is 3.77. The van der Waals surface area contributed by atoms with Gasteiger partial charge >= 0.3 is 0 Å². The number of thiocarbonyl (C=S) groups is 1. The highest BCUT2D eigenvalue weighted by Crippen LogP contribution is 1.82. The van der Waals surface area contributed by atoms with E-state index in [-0.39, 0.29) is 0 Å². The standard InChI is InChI=1S/C4H9NO3S2/c1-2-4(9)5-3-10(6,7)8/h2-3H2,1H3,(H,5,9)(H,6,7,8). The number of hydrogen-bond acceptors (Lipinski definition) is 3. The molecule has 0 saturated heterocycles. The van der Waals surface area contributed by atoms with Crippen LogP contribution in [0.3, 0.4) is 0 Å². The normalized spacial score (nSPS) is 11.0. The Labute approximate surface area is 65.4 Å². The van der Waals surface area contributed by atoms with Crippen LogP contribution in [0.1, 0.15) is 13.3 Å². The topological polar surface area (TPSA) is 66.4 Å². The lowest BCUT2D eigenvalue weighted by atomic mass is 10.5. The summed E-state index contributed by atoms with van der Waals surface area (Å²) in [4.78, 5) is 0.428. The Hall–Kier alpha value is -0.200. The fraction of sp³-hybridized carbons (Fsp3) is 0.750. The van der Waals surface area contributed by atoms with E-state index in [1.807, 2.05) is 0 Å². The van der Waals surface area contributed by atoms with Gasteiger partial charge in [-0.3, -0.25) is 4.55 Å². The molecule has 0 aromatic rings. The first-order valence-corrected chi connectivity index (χ1v) is 4.69. The van der Waals surface area contributed by atoms with Gasteiger partial charge in [0.15, 0.2) is 0 Å². The van der Waals surface area contributed by atoms with Crippen molar-refractivity contribution in [2.24, 2.45) is 0 Å². The Morgan fingerprint density at radius 3 is 2.50 bits per heavy atom. The lowest BCUT2D eigenvalue weighted by molar-refractivity contribution is 0.481. The Bertz CT molecular complexity index is 209. The van der Waals surface area contributed by atoms with Gasteiger partial charge in [0, 0.05) is 0 Å². The molecule has 0 unspecified atom stereocenters. The van der Waals surface area contributed by atoms with Gasteiger partial charge in [-0.05, 0) is 6.42 Å². The molecule has 0 bridgehead atoms. The van der Waals surface area contributed by atoms with Gasteiger partial charge in [-0.25, -0.2) is 0 Å². The summed E-state index contributed by atoms with van der Waals surface area (Å²) >= 11 is 4.64. The van der Waals surface area contributed by atoms with E-state index < -0.39 is 16.0 Å². The molecule has 0 aliphatic heterocycles. The van der Waals surface area contributed by atoms with Crippen molar-refractivity contribution >= 4 is 27.3 Å². The highest BCUT2D eigenvalue weighted by atomic mass is 32.2. The first-order valence-electron chi connectivity index (χ1n) is 2.67. The second-order valence-electron chi connectivity index (χ2n) is 1.68. The van der Waals surface area contributed by atoms with Gasteiger partial charge in [0.25, 0.3) is 10.1 Å². The molecule has 0 amide bonds. The van der Waals surface area contributed by atoms with Crippen molar-refractivity contribution in [3.8, 4) is 0 Å². The van der Waals surface area contributed by atoms with Gasteiger partial charge in [0.1, 0.15) is 5.88 Å². The average Bonchev–Trinajstić information content (AvgIpc) is 1.81. The predicted molar refractivity (Wildman–Crippen MR) is 42.4 cm³/mol. The first kappa shape index (κ1) is 9.80. The van der Waals surface area contributed by atoms with Gasteiger partial charge in [-0.15, -0.1) is 0 Å². The van der Waals surface area contributed by atoms with Crippen LogP contribution < -0.4 is 5.32 Å². The molecular formula is C4H9NO3S2. The van der Waals surface area contributed by atoms with Crippen molar-refractivity contribution < 1.29 is 13.0 Å². The van der Waals surface area contributed by atoms with E-state index in [1.54, 1.807) is 6.92 Å². The third kappa shape index (κ3) is 5.93. The third-order valence-corrected chi connectivity index (χ3v) is 1.72. The zero-order chi connectivity index (χ0) is 8.20. The van der Waals surface area contributed by atoms with E-state index in [0.29, 0.717) is 11.4 Å². The second-order valence-corrected chi connectivity index (χ2v) is 3.63. The summed E-state index contributed by atoms with van der Waals surface area (Å²) in [6, 6.07) is 0. The van der Waals surface area contributed by atoms with Crippen LogP contribution in [0.2, 0.25) is 0 Å². The molecular weight excluding hydrogens is 174 g/mol. The van der Waals surface area contributed by atoms with E-state index in [9.17, 15) is 8.42 Å². The molecule has 0 aliphatic rings. The summed E-state index contributed by atoms with van der Waals surface area (Å²) in [7, 11) is -3.93. The fourth-order valence-corrected chi connectivity index (χ4v) is 0.817. The summed E-state index contributed by atoms with van der Waals surface area (Å²) in [5.74, 6) is -0.500. The van der Waals surface area contributed by atoms with Crippen LogP contribution in [0.5, 0.6) is 0 Å². The van der Waals surface area contributed by atoms with Gasteiger partial charge < -0.3 is 5.32 Å². The second kappa shape index (κ2) is 3.85. The van der Waals surface area contributed by atoms with Crippen molar-refractivity contribution in [1.29, 1.82) is 0 Å².